The Kier molecular flexibility index (Phi) is 8.96. The first-order valence-electron chi connectivity index (χ1n) is 11.4. The highest BCUT2D eigenvalue weighted by Gasteiger charge is 2.27. The highest BCUT2D eigenvalue weighted by Crippen LogP contribution is 2.24. The van der Waals surface area contributed by atoms with Gasteiger partial charge in [0.1, 0.15) is 0 Å². The number of nitrogens with zero attached hydrogens (tertiary/aromatic N) is 3. The van der Waals surface area contributed by atoms with Crippen LogP contribution in [0.15, 0.2) is 34.2 Å². The molecule has 2 heterocycles. The molecule has 0 radical (unpaired) electrons. The second kappa shape index (κ2) is 11.7. The number of aliphatic imine (C=N–C) groups is 1. The lowest BCUT2D eigenvalue weighted by atomic mass is 10.1. The average Bonchev–Trinajstić information content (AvgIpc) is 2.79. The van der Waals surface area contributed by atoms with Gasteiger partial charge in [-0.05, 0) is 57.3 Å². The zero-order chi connectivity index (χ0) is 21.2. The van der Waals surface area contributed by atoms with Crippen molar-refractivity contribution in [1.82, 2.24) is 19.8 Å². The number of rotatable bonds is 8. The minimum absolute atomic E-state index is 0.336. The Labute approximate surface area is 182 Å². The van der Waals surface area contributed by atoms with Crippen molar-refractivity contribution in [2.45, 2.75) is 56.9 Å². The molecule has 2 N–H and O–H groups in total. The van der Waals surface area contributed by atoms with Gasteiger partial charge in [0.15, 0.2) is 5.96 Å². The van der Waals surface area contributed by atoms with Crippen LogP contribution in [-0.2, 0) is 16.6 Å². The van der Waals surface area contributed by atoms with Gasteiger partial charge in [-0.2, -0.15) is 4.31 Å². The van der Waals surface area contributed by atoms with E-state index in [1.54, 1.807) is 16.4 Å². The highest BCUT2D eigenvalue weighted by atomic mass is 32.2. The van der Waals surface area contributed by atoms with E-state index in [0.29, 0.717) is 24.5 Å². The number of benzene rings is 1. The van der Waals surface area contributed by atoms with Crippen molar-refractivity contribution in [3.63, 3.8) is 0 Å². The molecule has 2 aliphatic rings. The van der Waals surface area contributed by atoms with Crippen LogP contribution < -0.4 is 10.6 Å². The SMILES string of the molecule is CCNC(=NCc1ccccc1S(=O)(=O)N1CCCCC1)NCCN1CCCCC1. The number of likely N-dealkylation sites (tertiary alicyclic amines) is 1. The number of nitrogens with one attached hydrogen (secondary N) is 2. The van der Waals surface area contributed by atoms with E-state index in [4.69, 9.17) is 0 Å². The zero-order valence-corrected chi connectivity index (χ0v) is 19.1. The van der Waals surface area contributed by atoms with Crippen molar-refractivity contribution in [1.29, 1.82) is 0 Å². The van der Waals surface area contributed by atoms with Gasteiger partial charge in [-0.1, -0.05) is 31.0 Å². The molecule has 0 aliphatic carbocycles. The summed E-state index contributed by atoms with van der Waals surface area (Å²) in [6, 6.07) is 7.27. The van der Waals surface area contributed by atoms with Gasteiger partial charge in [-0.25, -0.2) is 13.4 Å². The van der Waals surface area contributed by atoms with Crippen molar-refractivity contribution < 1.29 is 8.42 Å². The van der Waals surface area contributed by atoms with Crippen LogP contribution in [0.3, 0.4) is 0 Å². The number of hydrogen-bond acceptors (Lipinski definition) is 4. The van der Waals surface area contributed by atoms with E-state index in [2.05, 4.69) is 20.5 Å². The van der Waals surface area contributed by atoms with Gasteiger partial charge in [0.2, 0.25) is 10.0 Å². The molecule has 0 bridgehead atoms. The quantitative estimate of drug-likeness (QED) is 0.484. The normalized spacial score (nSPS) is 19.6. The summed E-state index contributed by atoms with van der Waals surface area (Å²) < 4.78 is 28.0. The minimum atomic E-state index is -3.47. The Hall–Kier alpha value is -1.64. The molecule has 1 aromatic rings. The summed E-state index contributed by atoms with van der Waals surface area (Å²) in [5.74, 6) is 0.736. The van der Waals surface area contributed by atoms with Crippen molar-refractivity contribution in [2.24, 2.45) is 4.99 Å². The molecule has 3 rings (SSSR count). The Morgan fingerprint density at radius 2 is 1.63 bits per heavy atom. The molecule has 2 saturated heterocycles. The Morgan fingerprint density at radius 1 is 0.967 bits per heavy atom. The van der Waals surface area contributed by atoms with E-state index < -0.39 is 10.0 Å². The maximum absolute atomic E-state index is 13.2. The molecular formula is C22H37N5O2S. The Balaban J connectivity index is 1.65. The second-order valence-corrected chi connectivity index (χ2v) is 10.0. The lowest BCUT2D eigenvalue weighted by Crippen LogP contribution is -2.42. The second-order valence-electron chi connectivity index (χ2n) is 8.10. The summed E-state index contributed by atoms with van der Waals surface area (Å²) in [6.45, 7) is 8.56. The number of hydrogen-bond donors (Lipinski definition) is 2. The van der Waals surface area contributed by atoms with Crippen LogP contribution in [-0.4, -0.2) is 69.4 Å². The number of sulfonamides is 1. The smallest absolute Gasteiger partial charge is 0.243 e. The molecule has 30 heavy (non-hydrogen) atoms. The molecule has 0 unspecified atom stereocenters. The molecule has 7 nitrogen and oxygen atoms in total. The fraction of sp³-hybridized carbons (Fsp3) is 0.682. The Morgan fingerprint density at radius 3 is 2.33 bits per heavy atom. The molecule has 2 fully saturated rings. The van der Waals surface area contributed by atoms with E-state index in [9.17, 15) is 8.42 Å². The lowest BCUT2D eigenvalue weighted by Gasteiger charge is -2.27. The maximum atomic E-state index is 13.2. The Bertz CT molecular complexity index is 784. The summed E-state index contributed by atoms with van der Waals surface area (Å²) in [4.78, 5) is 7.55. The van der Waals surface area contributed by atoms with E-state index >= 15 is 0 Å². The van der Waals surface area contributed by atoms with Gasteiger partial charge < -0.3 is 15.5 Å². The summed E-state index contributed by atoms with van der Waals surface area (Å²) in [5, 5.41) is 6.67. The van der Waals surface area contributed by atoms with Gasteiger partial charge in [0, 0.05) is 32.7 Å². The first-order valence-corrected chi connectivity index (χ1v) is 12.9. The largest absolute Gasteiger partial charge is 0.357 e. The van der Waals surface area contributed by atoms with Crippen LogP contribution in [0.1, 0.15) is 51.0 Å². The van der Waals surface area contributed by atoms with Gasteiger partial charge >= 0.3 is 0 Å². The highest BCUT2D eigenvalue weighted by molar-refractivity contribution is 7.89. The standard InChI is InChI=1S/C22H37N5O2S/c1-2-23-22(24-13-18-26-14-7-3-8-15-26)25-19-20-11-5-6-12-21(20)30(28,29)27-16-9-4-10-17-27/h5-6,11-12H,2-4,7-10,13-19H2,1H3,(H2,23,24,25). The summed E-state index contributed by atoms with van der Waals surface area (Å²) in [6.07, 6.45) is 6.89. The van der Waals surface area contributed by atoms with E-state index in [1.807, 2.05) is 19.1 Å². The van der Waals surface area contributed by atoms with Gasteiger partial charge in [0.25, 0.3) is 0 Å². The fourth-order valence-electron chi connectivity index (χ4n) is 4.15. The third-order valence-corrected chi connectivity index (χ3v) is 7.83. The van der Waals surface area contributed by atoms with Gasteiger partial charge in [-0.15, -0.1) is 0 Å². The fourth-order valence-corrected chi connectivity index (χ4v) is 5.88. The number of guanidine groups is 1. The zero-order valence-electron chi connectivity index (χ0n) is 18.3. The average molecular weight is 436 g/mol. The van der Waals surface area contributed by atoms with Crippen LogP contribution in [0.5, 0.6) is 0 Å². The van der Waals surface area contributed by atoms with Crippen molar-refractivity contribution in [3.05, 3.63) is 29.8 Å². The van der Waals surface area contributed by atoms with Crippen LogP contribution >= 0.6 is 0 Å². The predicted molar refractivity (Wildman–Crippen MR) is 122 cm³/mol. The third-order valence-electron chi connectivity index (χ3n) is 5.83. The molecule has 0 atom stereocenters. The van der Waals surface area contributed by atoms with Crippen molar-refractivity contribution in [2.75, 3.05) is 45.8 Å². The van der Waals surface area contributed by atoms with Crippen LogP contribution in [0.2, 0.25) is 0 Å². The van der Waals surface area contributed by atoms with Crippen LogP contribution in [0.25, 0.3) is 0 Å². The van der Waals surface area contributed by atoms with Crippen molar-refractivity contribution in [3.8, 4) is 0 Å². The number of piperidine rings is 2. The molecule has 0 aromatic heterocycles. The summed E-state index contributed by atoms with van der Waals surface area (Å²) >= 11 is 0. The molecule has 1 aromatic carbocycles. The summed E-state index contributed by atoms with van der Waals surface area (Å²) in [5.41, 5.74) is 0.747. The van der Waals surface area contributed by atoms with E-state index in [1.165, 1.54) is 32.4 Å². The van der Waals surface area contributed by atoms with Crippen molar-refractivity contribution >= 4 is 16.0 Å². The summed E-state index contributed by atoms with van der Waals surface area (Å²) in [7, 11) is -3.47. The molecular weight excluding hydrogens is 398 g/mol. The minimum Gasteiger partial charge on any atom is -0.357 e. The molecule has 0 saturated carbocycles. The first-order chi connectivity index (χ1) is 14.6. The molecule has 0 spiro atoms. The van der Waals surface area contributed by atoms with Gasteiger partial charge in [-0.3, -0.25) is 0 Å². The predicted octanol–water partition coefficient (Wildman–Crippen LogP) is 2.40. The van der Waals surface area contributed by atoms with Gasteiger partial charge in [0.05, 0.1) is 11.4 Å². The molecule has 0 amide bonds. The lowest BCUT2D eigenvalue weighted by molar-refractivity contribution is 0.232. The van der Waals surface area contributed by atoms with E-state index in [-0.39, 0.29) is 0 Å². The van der Waals surface area contributed by atoms with E-state index in [0.717, 1.165) is 50.4 Å². The van der Waals surface area contributed by atoms with Crippen LogP contribution in [0, 0.1) is 0 Å². The monoisotopic (exact) mass is 435 g/mol. The topological polar surface area (TPSA) is 77.0 Å². The maximum Gasteiger partial charge on any atom is 0.243 e. The molecule has 168 valence electrons. The molecule has 8 heteroatoms. The van der Waals surface area contributed by atoms with Crippen LogP contribution in [0.4, 0.5) is 0 Å². The molecule has 2 aliphatic heterocycles. The first kappa shape index (κ1) is 23.0. The third kappa shape index (κ3) is 6.43.